The summed E-state index contributed by atoms with van der Waals surface area (Å²) in [6.07, 6.45) is 0.746. The molecule has 2 heterocycles. The zero-order valence-corrected chi connectivity index (χ0v) is 22.3. The topological polar surface area (TPSA) is 63.6 Å². The maximum Gasteiger partial charge on any atom is 0.146 e. The normalized spacial score (nSPS) is 20.4. The molecular weight excluding hydrogens is 456 g/mol. The highest BCUT2D eigenvalue weighted by Gasteiger charge is 2.54. The summed E-state index contributed by atoms with van der Waals surface area (Å²) in [5.74, 6) is 0.872. The van der Waals surface area contributed by atoms with Crippen LogP contribution < -0.4 is 0 Å². The Morgan fingerprint density at radius 1 is 1.00 bits per heavy atom. The van der Waals surface area contributed by atoms with Gasteiger partial charge in [-0.2, -0.15) is 5.06 Å². The number of hydroxylamine groups is 2. The van der Waals surface area contributed by atoms with E-state index in [1.807, 2.05) is 23.3 Å². The van der Waals surface area contributed by atoms with E-state index in [2.05, 4.69) is 49.9 Å². The van der Waals surface area contributed by atoms with Crippen molar-refractivity contribution < 1.29 is 24.2 Å². The van der Waals surface area contributed by atoms with Crippen molar-refractivity contribution >= 4 is 5.57 Å². The molecule has 4 rings (SSSR count). The van der Waals surface area contributed by atoms with E-state index in [4.69, 9.17) is 19.0 Å². The molecular formula is C29H40N2O5. The molecule has 0 bridgehead atoms. The number of benzene rings is 2. The largest absolute Gasteiger partial charge is 0.491 e. The summed E-state index contributed by atoms with van der Waals surface area (Å²) in [7, 11) is 3.33. The average molecular weight is 497 g/mol. The molecule has 2 aromatic carbocycles. The SMILES string of the molecule is COCOCCN1C(O)C(c2c(C)cc(C)cc2C)=C(OCc2ccccc2)C12CCN(OC)CC2. The van der Waals surface area contributed by atoms with Crippen molar-refractivity contribution in [2.45, 2.75) is 52.0 Å². The van der Waals surface area contributed by atoms with Gasteiger partial charge in [0.15, 0.2) is 0 Å². The Balaban J connectivity index is 1.80. The van der Waals surface area contributed by atoms with Crippen molar-refractivity contribution in [1.82, 2.24) is 9.96 Å². The number of ether oxygens (including phenoxy) is 3. The van der Waals surface area contributed by atoms with Gasteiger partial charge in [-0.3, -0.25) is 4.90 Å². The molecule has 1 spiro atoms. The summed E-state index contributed by atoms with van der Waals surface area (Å²) in [5, 5.41) is 13.9. The molecule has 1 saturated heterocycles. The lowest BCUT2D eigenvalue weighted by atomic mass is 9.84. The van der Waals surface area contributed by atoms with Crippen molar-refractivity contribution in [3.8, 4) is 0 Å². The molecule has 7 heteroatoms. The lowest BCUT2D eigenvalue weighted by molar-refractivity contribution is -0.169. The Labute approximate surface area is 215 Å². The summed E-state index contributed by atoms with van der Waals surface area (Å²) >= 11 is 0. The van der Waals surface area contributed by atoms with Crippen molar-refractivity contribution in [3.63, 3.8) is 0 Å². The van der Waals surface area contributed by atoms with Gasteiger partial charge in [0, 0.05) is 32.3 Å². The molecule has 2 aromatic rings. The van der Waals surface area contributed by atoms with Gasteiger partial charge in [-0.1, -0.05) is 48.0 Å². The number of nitrogens with zero attached hydrogens (tertiary/aromatic N) is 2. The molecule has 7 nitrogen and oxygen atoms in total. The third-order valence-corrected chi connectivity index (χ3v) is 7.43. The minimum Gasteiger partial charge on any atom is -0.491 e. The lowest BCUT2D eigenvalue weighted by Crippen LogP contribution is -2.57. The van der Waals surface area contributed by atoms with Gasteiger partial charge in [-0.05, 0) is 55.9 Å². The van der Waals surface area contributed by atoms with Gasteiger partial charge in [-0.25, -0.2) is 0 Å². The van der Waals surface area contributed by atoms with E-state index in [1.54, 1.807) is 14.2 Å². The van der Waals surface area contributed by atoms with Crippen LogP contribution in [0.2, 0.25) is 0 Å². The maximum absolute atomic E-state index is 11.9. The van der Waals surface area contributed by atoms with Gasteiger partial charge in [0.1, 0.15) is 25.4 Å². The van der Waals surface area contributed by atoms with Crippen LogP contribution in [0.4, 0.5) is 0 Å². The fourth-order valence-corrected chi connectivity index (χ4v) is 5.87. The fraction of sp³-hybridized carbons (Fsp3) is 0.517. The molecule has 1 N–H and O–H groups in total. The van der Waals surface area contributed by atoms with Crippen LogP contribution >= 0.6 is 0 Å². The highest BCUT2D eigenvalue weighted by molar-refractivity contribution is 5.79. The van der Waals surface area contributed by atoms with Crippen LogP contribution in [0.1, 0.15) is 40.7 Å². The number of rotatable bonds is 10. The molecule has 2 aliphatic rings. The van der Waals surface area contributed by atoms with Crippen molar-refractivity contribution in [1.29, 1.82) is 0 Å². The number of aliphatic hydroxyl groups is 1. The van der Waals surface area contributed by atoms with E-state index in [0.717, 1.165) is 59.5 Å². The number of hydrogen-bond acceptors (Lipinski definition) is 7. The van der Waals surface area contributed by atoms with Crippen molar-refractivity contribution in [2.75, 3.05) is 47.3 Å². The van der Waals surface area contributed by atoms with Gasteiger partial charge in [0.25, 0.3) is 0 Å². The molecule has 196 valence electrons. The van der Waals surface area contributed by atoms with Crippen LogP contribution in [0.5, 0.6) is 0 Å². The monoisotopic (exact) mass is 496 g/mol. The van der Waals surface area contributed by atoms with Crippen LogP contribution in [-0.2, 0) is 25.7 Å². The molecule has 1 unspecified atom stereocenters. The molecule has 1 atom stereocenters. The molecule has 0 aliphatic carbocycles. The maximum atomic E-state index is 11.9. The second kappa shape index (κ2) is 11.9. The number of hydrogen-bond donors (Lipinski definition) is 1. The summed E-state index contributed by atoms with van der Waals surface area (Å²) in [5.41, 5.74) is 6.08. The first-order valence-corrected chi connectivity index (χ1v) is 12.7. The molecule has 0 saturated carbocycles. The van der Waals surface area contributed by atoms with E-state index in [0.29, 0.717) is 19.8 Å². The standard InChI is InChI=1S/C29H40N2O5/c1-21-17-22(2)25(23(3)18-21)26-27(36-19-24-9-7-6-8-10-24)29(11-13-30(34-5)14-12-29)31(28(26)32)15-16-35-20-33-4/h6-10,17-18,28,32H,11-16,19-20H2,1-5H3. The smallest absolute Gasteiger partial charge is 0.146 e. The minimum absolute atomic E-state index is 0.224. The molecule has 0 amide bonds. The van der Waals surface area contributed by atoms with Crippen LogP contribution in [0.15, 0.2) is 48.2 Å². The van der Waals surface area contributed by atoms with Gasteiger partial charge < -0.3 is 24.2 Å². The molecule has 2 aliphatic heterocycles. The van der Waals surface area contributed by atoms with Crippen molar-refractivity contribution in [3.05, 3.63) is 76.0 Å². The number of methoxy groups -OCH3 is 1. The molecule has 36 heavy (non-hydrogen) atoms. The highest BCUT2D eigenvalue weighted by atomic mass is 16.7. The summed E-state index contributed by atoms with van der Waals surface area (Å²) < 4.78 is 17.5. The Kier molecular flexibility index (Phi) is 8.83. The van der Waals surface area contributed by atoms with E-state index >= 15 is 0 Å². The van der Waals surface area contributed by atoms with Gasteiger partial charge in [0.2, 0.25) is 0 Å². The highest BCUT2D eigenvalue weighted by Crippen LogP contribution is 2.50. The first-order valence-electron chi connectivity index (χ1n) is 12.7. The zero-order valence-electron chi connectivity index (χ0n) is 22.3. The molecule has 1 fully saturated rings. The molecule has 0 radical (unpaired) electrons. The zero-order chi connectivity index (χ0) is 25.7. The van der Waals surface area contributed by atoms with Crippen LogP contribution in [-0.4, -0.2) is 74.1 Å². The van der Waals surface area contributed by atoms with Gasteiger partial charge >= 0.3 is 0 Å². The Hall–Kier alpha value is -2.26. The average Bonchev–Trinajstić information content (AvgIpc) is 3.08. The van der Waals surface area contributed by atoms with Crippen molar-refractivity contribution in [2.24, 2.45) is 0 Å². The predicted octanol–water partition coefficient (Wildman–Crippen LogP) is 4.19. The predicted molar refractivity (Wildman–Crippen MR) is 140 cm³/mol. The molecule has 0 aromatic heterocycles. The number of aliphatic hydroxyl groups excluding tert-OH is 1. The Morgan fingerprint density at radius 3 is 2.28 bits per heavy atom. The van der Waals surface area contributed by atoms with Crippen LogP contribution in [0.25, 0.3) is 5.57 Å². The third-order valence-electron chi connectivity index (χ3n) is 7.43. The third kappa shape index (κ3) is 5.37. The quantitative estimate of drug-likeness (QED) is 0.391. The second-order valence-corrected chi connectivity index (χ2v) is 9.82. The summed E-state index contributed by atoms with van der Waals surface area (Å²) in [6.45, 7) is 9.52. The van der Waals surface area contributed by atoms with Crippen LogP contribution in [0, 0.1) is 20.8 Å². The second-order valence-electron chi connectivity index (χ2n) is 9.82. The Morgan fingerprint density at radius 2 is 1.67 bits per heavy atom. The van der Waals surface area contributed by atoms with E-state index in [9.17, 15) is 5.11 Å². The summed E-state index contributed by atoms with van der Waals surface area (Å²) in [4.78, 5) is 7.72. The van der Waals surface area contributed by atoms with Gasteiger partial charge in [0.05, 0.1) is 19.3 Å². The minimum atomic E-state index is -0.809. The number of piperidine rings is 1. The van der Waals surface area contributed by atoms with Gasteiger partial charge in [-0.15, -0.1) is 0 Å². The lowest BCUT2D eigenvalue weighted by Gasteiger charge is -2.46. The van der Waals surface area contributed by atoms with Crippen LogP contribution in [0.3, 0.4) is 0 Å². The number of aryl methyl sites for hydroxylation is 3. The van der Waals surface area contributed by atoms with E-state index in [1.165, 1.54) is 5.56 Å². The summed E-state index contributed by atoms with van der Waals surface area (Å²) in [6, 6.07) is 14.6. The van der Waals surface area contributed by atoms with E-state index in [-0.39, 0.29) is 6.79 Å². The first-order chi connectivity index (χ1) is 17.4. The fourth-order valence-electron chi connectivity index (χ4n) is 5.87. The first kappa shape index (κ1) is 26.8. The Bertz CT molecular complexity index is 1020. The van der Waals surface area contributed by atoms with E-state index < -0.39 is 11.8 Å².